The van der Waals surface area contributed by atoms with Gasteiger partial charge in [-0.1, -0.05) is 23.4 Å². The first-order chi connectivity index (χ1) is 7.20. The summed E-state index contributed by atoms with van der Waals surface area (Å²) >= 11 is 7.37. The van der Waals surface area contributed by atoms with Gasteiger partial charge in [0.15, 0.2) is 5.16 Å². The van der Waals surface area contributed by atoms with E-state index in [0.717, 1.165) is 11.4 Å². The lowest BCUT2D eigenvalue weighted by molar-refractivity contribution is 0.770. The van der Waals surface area contributed by atoms with Gasteiger partial charge in [-0.2, -0.15) is 5.10 Å². The molecule has 2 aromatic rings. The van der Waals surface area contributed by atoms with Gasteiger partial charge in [-0.3, -0.25) is 4.68 Å². The van der Waals surface area contributed by atoms with Gasteiger partial charge in [0.25, 0.3) is 0 Å². The monoisotopic (exact) mass is 240 g/mol. The fourth-order valence-corrected chi connectivity index (χ4v) is 1.86. The van der Waals surface area contributed by atoms with E-state index in [0.29, 0.717) is 10.3 Å². The van der Waals surface area contributed by atoms with Gasteiger partial charge in [-0.25, -0.2) is 9.97 Å². The van der Waals surface area contributed by atoms with Gasteiger partial charge in [0.1, 0.15) is 5.15 Å². The van der Waals surface area contributed by atoms with Crippen molar-refractivity contribution >= 4 is 23.4 Å². The van der Waals surface area contributed by atoms with E-state index in [-0.39, 0.29) is 0 Å². The Morgan fingerprint density at radius 3 is 2.80 bits per heavy atom. The third-order valence-corrected chi connectivity index (χ3v) is 2.68. The summed E-state index contributed by atoms with van der Waals surface area (Å²) in [6, 6.07) is 3.63. The van der Waals surface area contributed by atoms with Gasteiger partial charge in [-0.05, 0) is 12.3 Å². The Hall–Kier alpha value is -1.07. The first kappa shape index (κ1) is 10.4. The highest BCUT2D eigenvalue weighted by molar-refractivity contribution is 7.98. The lowest BCUT2D eigenvalue weighted by atomic mass is 10.3. The van der Waals surface area contributed by atoms with E-state index in [1.807, 2.05) is 19.4 Å². The lowest BCUT2D eigenvalue weighted by Gasteiger charge is -2.03. The minimum atomic E-state index is 0.450. The third kappa shape index (κ3) is 2.13. The maximum atomic E-state index is 5.90. The van der Waals surface area contributed by atoms with Gasteiger partial charge in [0.05, 0.1) is 11.4 Å². The topological polar surface area (TPSA) is 43.6 Å². The Morgan fingerprint density at radius 2 is 2.20 bits per heavy atom. The van der Waals surface area contributed by atoms with Crippen LogP contribution in [0.1, 0.15) is 0 Å². The molecular formula is C9H9ClN4S. The number of nitrogens with zero attached hydrogens (tertiary/aromatic N) is 4. The second-order valence-electron chi connectivity index (χ2n) is 2.90. The number of thioether (sulfide) groups is 1. The zero-order chi connectivity index (χ0) is 10.8. The fourth-order valence-electron chi connectivity index (χ4n) is 1.24. The van der Waals surface area contributed by atoms with Crippen LogP contribution in [0.25, 0.3) is 11.4 Å². The van der Waals surface area contributed by atoms with Crippen molar-refractivity contribution in [2.45, 2.75) is 5.16 Å². The summed E-state index contributed by atoms with van der Waals surface area (Å²) in [4.78, 5) is 8.44. The Balaban J connectivity index is 2.53. The first-order valence-electron chi connectivity index (χ1n) is 4.27. The Labute approximate surface area is 96.7 Å². The number of aryl methyl sites for hydroxylation is 1. The van der Waals surface area contributed by atoms with Crippen molar-refractivity contribution in [3.05, 3.63) is 23.5 Å². The molecule has 15 heavy (non-hydrogen) atoms. The molecule has 0 aliphatic rings. The predicted molar refractivity (Wildman–Crippen MR) is 61.0 cm³/mol. The fraction of sp³-hybridized carbons (Fsp3) is 0.222. The summed E-state index contributed by atoms with van der Waals surface area (Å²) < 4.78 is 1.75. The van der Waals surface area contributed by atoms with E-state index in [4.69, 9.17) is 11.6 Å². The van der Waals surface area contributed by atoms with Crippen LogP contribution in [0.2, 0.25) is 5.15 Å². The minimum absolute atomic E-state index is 0.450. The van der Waals surface area contributed by atoms with Gasteiger partial charge in [0.2, 0.25) is 0 Å². The highest BCUT2D eigenvalue weighted by Crippen LogP contribution is 2.21. The molecule has 0 aromatic carbocycles. The Kier molecular flexibility index (Phi) is 2.93. The predicted octanol–water partition coefficient (Wildman–Crippen LogP) is 2.25. The van der Waals surface area contributed by atoms with Crippen molar-refractivity contribution in [3.63, 3.8) is 0 Å². The molecule has 0 radical (unpaired) electrons. The second-order valence-corrected chi connectivity index (χ2v) is 4.06. The number of hydrogen-bond donors (Lipinski definition) is 0. The molecule has 0 aliphatic heterocycles. The lowest BCUT2D eigenvalue weighted by Crippen LogP contribution is -1.97. The molecule has 0 fully saturated rings. The second kappa shape index (κ2) is 4.20. The average molecular weight is 241 g/mol. The van der Waals surface area contributed by atoms with Crippen molar-refractivity contribution in [1.29, 1.82) is 0 Å². The summed E-state index contributed by atoms with van der Waals surface area (Å²) in [7, 11) is 1.87. The van der Waals surface area contributed by atoms with Gasteiger partial charge in [-0.15, -0.1) is 0 Å². The molecule has 0 saturated heterocycles. The molecule has 2 rings (SSSR count). The smallest absolute Gasteiger partial charge is 0.189 e. The summed E-state index contributed by atoms with van der Waals surface area (Å²) in [6.07, 6.45) is 3.64. The standard InChI is InChI=1S/C9H9ClN4S/c1-14-7(3-4-11-14)6-5-8(10)13-9(12-6)15-2/h3-5H,1-2H3. The van der Waals surface area contributed by atoms with Crippen molar-refractivity contribution in [3.8, 4) is 11.4 Å². The first-order valence-corrected chi connectivity index (χ1v) is 5.88. The van der Waals surface area contributed by atoms with Crippen LogP contribution in [-0.2, 0) is 7.05 Å². The van der Waals surface area contributed by atoms with E-state index in [9.17, 15) is 0 Å². The van der Waals surface area contributed by atoms with Crippen molar-refractivity contribution in [1.82, 2.24) is 19.7 Å². The summed E-state index contributed by atoms with van der Waals surface area (Å²) in [5.74, 6) is 0. The van der Waals surface area contributed by atoms with E-state index in [1.54, 1.807) is 16.9 Å². The zero-order valence-corrected chi connectivity index (χ0v) is 9.88. The largest absolute Gasteiger partial charge is 0.266 e. The van der Waals surface area contributed by atoms with Gasteiger partial charge in [0, 0.05) is 19.3 Å². The Morgan fingerprint density at radius 1 is 1.40 bits per heavy atom. The van der Waals surface area contributed by atoms with Crippen LogP contribution in [-0.4, -0.2) is 26.0 Å². The highest BCUT2D eigenvalue weighted by Gasteiger charge is 2.07. The molecule has 0 unspecified atom stereocenters. The quantitative estimate of drug-likeness (QED) is 0.459. The molecule has 2 heterocycles. The van der Waals surface area contributed by atoms with Crippen LogP contribution >= 0.6 is 23.4 Å². The van der Waals surface area contributed by atoms with E-state index in [1.165, 1.54) is 11.8 Å². The highest BCUT2D eigenvalue weighted by atomic mass is 35.5. The van der Waals surface area contributed by atoms with Crippen LogP contribution in [0.3, 0.4) is 0 Å². The van der Waals surface area contributed by atoms with Crippen LogP contribution in [0.15, 0.2) is 23.5 Å². The summed E-state index contributed by atoms with van der Waals surface area (Å²) in [5, 5.41) is 5.20. The average Bonchev–Trinajstić information content (AvgIpc) is 2.63. The number of rotatable bonds is 2. The SMILES string of the molecule is CSc1nc(Cl)cc(-c2ccnn2C)n1. The molecule has 0 bridgehead atoms. The van der Waals surface area contributed by atoms with Crippen LogP contribution in [0, 0.1) is 0 Å². The number of halogens is 1. The number of hydrogen-bond acceptors (Lipinski definition) is 4. The summed E-state index contributed by atoms with van der Waals surface area (Å²) in [6.45, 7) is 0. The molecule has 0 atom stereocenters. The summed E-state index contributed by atoms with van der Waals surface area (Å²) in [5.41, 5.74) is 1.72. The molecule has 0 amide bonds. The Bertz CT molecular complexity index is 483. The maximum Gasteiger partial charge on any atom is 0.189 e. The van der Waals surface area contributed by atoms with Crippen molar-refractivity contribution < 1.29 is 0 Å². The molecule has 0 spiro atoms. The van der Waals surface area contributed by atoms with Crippen molar-refractivity contribution in [2.24, 2.45) is 7.05 Å². The van der Waals surface area contributed by atoms with Gasteiger partial charge < -0.3 is 0 Å². The molecular weight excluding hydrogens is 232 g/mol. The molecule has 2 aromatic heterocycles. The minimum Gasteiger partial charge on any atom is -0.266 e. The number of aromatic nitrogens is 4. The molecule has 4 nitrogen and oxygen atoms in total. The van der Waals surface area contributed by atoms with Crippen molar-refractivity contribution in [2.75, 3.05) is 6.26 Å². The maximum absolute atomic E-state index is 5.90. The molecule has 0 N–H and O–H groups in total. The normalized spacial score (nSPS) is 10.6. The van der Waals surface area contributed by atoms with E-state index in [2.05, 4.69) is 15.1 Å². The molecule has 0 saturated carbocycles. The molecule has 78 valence electrons. The van der Waals surface area contributed by atoms with E-state index < -0.39 is 0 Å². The van der Waals surface area contributed by atoms with E-state index >= 15 is 0 Å². The molecule has 6 heteroatoms. The third-order valence-electron chi connectivity index (χ3n) is 1.94. The zero-order valence-electron chi connectivity index (χ0n) is 8.31. The van der Waals surface area contributed by atoms with Crippen LogP contribution in [0.4, 0.5) is 0 Å². The van der Waals surface area contributed by atoms with Crippen LogP contribution < -0.4 is 0 Å². The van der Waals surface area contributed by atoms with Crippen LogP contribution in [0.5, 0.6) is 0 Å². The molecule has 0 aliphatic carbocycles. The van der Waals surface area contributed by atoms with Gasteiger partial charge >= 0.3 is 0 Å².